The van der Waals surface area contributed by atoms with Crippen LogP contribution in [0.5, 0.6) is 0 Å². The molecule has 2 N–H and O–H groups in total. The third kappa shape index (κ3) is 6.29. The number of nitrogens with one attached hydrogen (secondary N) is 2. The number of carbonyl (C=O) groups is 3. The zero-order chi connectivity index (χ0) is 22.3. The van der Waals surface area contributed by atoms with E-state index in [1.54, 1.807) is 0 Å². The van der Waals surface area contributed by atoms with E-state index < -0.39 is 34.5 Å². The summed E-state index contributed by atoms with van der Waals surface area (Å²) >= 11 is 12.1. The average molecular weight is 482 g/mol. The Balaban J connectivity index is 2.12. The first-order chi connectivity index (χ1) is 14.2. The number of imide groups is 1. The summed E-state index contributed by atoms with van der Waals surface area (Å²) in [5.41, 5.74) is -0.281. The van der Waals surface area contributed by atoms with Crippen LogP contribution in [0.4, 0.5) is 4.79 Å². The molecule has 1 saturated heterocycles. The number of rotatable bonds is 7. The second-order valence-electron chi connectivity index (χ2n) is 6.16. The summed E-state index contributed by atoms with van der Waals surface area (Å²) in [7, 11) is -4.00. The number of ether oxygens (including phenoxy) is 2. The number of sulfonamides is 1. The number of hydrogen-bond donors (Lipinski definition) is 2. The fraction of sp³-hybridized carbons (Fsp3) is 0.471. The minimum atomic E-state index is -4.00. The molecule has 30 heavy (non-hydrogen) atoms. The Morgan fingerprint density at radius 3 is 2.47 bits per heavy atom. The lowest BCUT2D eigenvalue weighted by Crippen LogP contribution is -2.41. The zero-order valence-electron chi connectivity index (χ0n) is 16.1. The fourth-order valence-electron chi connectivity index (χ4n) is 2.46. The van der Waals surface area contributed by atoms with Gasteiger partial charge in [0.05, 0.1) is 28.8 Å². The molecule has 1 aliphatic rings. The van der Waals surface area contributed by atoms with Gasteiger partial charge < -0.3 is 14.8 Å². The van der Waals surface area contributed by atoms with E-state index in [1.165, 1.54) is 4.31 Å². The van der Waals surface area contributed by atoms with Gasteiger partial charge in [0.1, 0.15) is 4.90 Å². The Hall–Kier alpha value is -1.92. The first-order valence-corrected chi connectivity index (χ1v) is 11.2. The summed E-state index contributed by atoms with van der Waals surface area (Å²) in [6.07, 6.45) is 0.682. The Morgan fingerprint density at radius 2 is 1.83 bits per heavy atom. The van der Waals surface area contributed by atoms with Crippen molar-refractivity contribution in [2.45, 2.75) is 18.2 Å². The van der Waals surface area contributed by atoms with E-state index in [-0.39, 0.29) is 46.8 Å². The zero-order valence-corrected chi connectivity index (χ0v) is 18.4. The number of halogens is 2. The van der Waals surface area contributed by atoms with Gasteiger partial charge in [-0.15, -0.1) is 0 Å². The highest BCUT2D eigenvalue weighted by Gasteiger charge is 2.30. The van der Waals surface area contributed by atoms with Crippen molar-refractivity contribution in [1.29, 1.82) is 0 Å². The maximum absolute atomic E-state index is 12.9. The molecule has 13 heteroatoms. The molecule has 1 aromatic rings. The van der Waals surface area contributed by atoms with Crippen molar-refractivity contribution in [3.05, 3.63) is 27.7 Å². The molecule has 0 radical (unpaired) electrons. The van der Waals surface area contributed by atoms with E-state index in [2.05, 4.69) is 5.32 Å². The summed E-state index contributed by atoms with van der Waals surface area (Å²) in [6, 6.07) is 1.40. The largest absolute Gasteiger partial charge is 0.452 e. The minimum Gasteiger partial charge on any atom is -0.452 e. The molecule has 1 heterocycles. The molecular formula is C17H21Cl2N3O7S. The van der Waals surface area contributed by atoms with Gasteiger partial charge in [-0.1, -0.05) is 30.1 Å². The van der Waals surface area contributed by atoms with E-state index in [1.807, 2.05) is 12.2 Å². The van der Waals surface area contributed by atoms with E-state index in [0.717, 1.165) is 12.1 Å². The van der Waals surface area contributed by atoms with E-state index in [4.69, 9.17) is 32.7 Å². The Morgan fingerprint density at radius 1 is 1.17 bits per heavy atom. The molecule has 10 nitrogen and oxygen atoms in total. The second kappa shape index (κ2) is 10.9. The maximum atomic E-state index is 12.9. The summed E-state index contributed by atoms with van der Waals surface area (Å²) in [5, 5.41) is 4.11. The summed E-state index contributed by atoms with van der Waals surface area (Å²) in [6.45, 7) is 2.21. The molecule has 0 spiro atoms. The van der Waals surface area contributed by atoms with Crippen LogP contribution in [-0.4, -0.2) is 70.1 Å². The lowest BCUT2D eigenvalue weighted by molar-refractivity contribution is -0.123. The third-order valence-corrected chi connectivity index (χ3v) is 6.63. The minimum absolute atomic E-state index is 0.140. The topological polar surface area (TPSA) is 131 Å². The van der Waals surface area contributed by atoms with Gasteiger partial charge in [-0.25, -0.2) is 18.0 Å². The van der Waals surface area contributed by atoms with Crippen LogP contribution in [0.3, 0.4) is 0 Å². The molecule has 166 valence electrons. The van der Waals surface area contributed by atoms with Gasteiger partial charge in [0.15, 0.2) is 6.61 Å². The molecule has 0 aromatic heterocycles. The molecule has 1 fully saturated rings. The highest BCUT2D eigenvalue weighted by Crippen LogP contribution is 2.31. The number of urea groups is 1. The van der Waals surface area contributed by atoms with E-state index in [9.17, 15) is 22.8 Å². The van der Waals surface area contributed by atoms with Crippen LogP contribution >= 0.6 is 23.2 Å². The molecular weight excluding hydrogens is 461 g/mol. The van der Waals surface area contributed by atoms with Crippen molar-refractivity contribution in [1.82, 2.24) is 14.9 Å². The van der Waals surface area contributed by atoms with Crippen LogP contribution in [0.1, 0.15) is 23.7 Å². The van der Waals surface area contributed by atoms with Gasteiger partial charge in [-0.2, -0.15) is 4.31 Å². The van der Waals surface area contributed by atoms with Crippen LogP contribution in [0.15, 0.2) is 17.0 Å². The molecule has 0 bridgehead atoms. The number of benzene rings is 1. The number of hydrogen-bond acceptors (Lipinski definition) is 7. The molecule has 0 atom stereocenters. The molecule has 3 amide bonds. The summed E-state index contributed by atoms with van der Waals surface area (Å²) in [5.74, 6) is -1.90. The molecule has 0 aliphatic carbocycles. The highest BCUT2D eigenvalue weighted by molar-refractivity contribution is 7.89. The van der Waals surface area contributed by atoms with Gasteiger partial charge >= 0.3 is 12.0 Å². The van der Waals surface area contributed by atoms with Gasteiger partial charge in [-0.05, 0) is 18.6 Å². The van der Waals surface area contributed by atoms with E-state index >= 15 is 0 Å². The average Bonchev–Trinajstić information content (AvgIpc) is 2.71. The van der Waals surface area contributed by atoms with Crippen molar-refractivity contribution >= 4 is 51.1 Å². The number of carbonyl (C=O) groups excluding carboxylic acids is 3. The Bertz CT molecular complexity index is 918. The molecule has 0 unspecified atom stereocenters. The smallest absolute Gasteiger partial charge is 0.340 e. The van der Waals surface area contributed by atoms with Crippen molar-refractivity contribution in [2.75, 3.05) is 39.5 Å². The summed E-state index contributed by atoms with van der Waals surface area (Å²) in [4.78, 5) is 35.2. The van der Waals surface area contributed by atoms with Crippen LogP contribution in [0, 0.1) is 0 Å². The predicted octanol–water partition coefficient (Wildman–Crippen LogP) is 1.41. The first kappa shape index (κ1) is 24.4. The van der Waals surface area contributed by atoms with Crippen molar-refractivity contribution in [3.8, 4) is 0 Å². The van der Waals surface area contributed by atoms with E-state index in [0.29, 0.717) is 13.0 Å². The van der Waals surface area contributed by atoms with Gasteiger partial charge in [-0.3, -0.25) is 10.1 Å². The van der Waals surface area contributed by atoms with Crippen LogP contribution in [0.25, 0.3) is 0 Å². The summed E-state index contributed by atoms with van der Waals surface area (Å²) < 4.78 is 36.9. The van der Waals surface area contributed by atoms with Crippen LogP contribution < -0.4 is 10.6 Å². The lowest BCUT2D eigenvalue weighted by atomic mass is 10.2. The lowest BCUT2D eigenvalue weighted by Gasteiger charge is -2.26. The normalized spacial score (nSPS) is 14.8. The number of morpholine rings is 1. The number of amides is 3. The molecule has 0 saturated carbocycles. The predicted molar refractivity (Wildman–Crippen MR) is 108 cm³/mol. The third-order valence-electron chi connectivity index (χ3n) is 3.95. The quantitative estimate of drug-likeness (QED) is 0.562. The van der Waals surface area contributed by atoms with Gasteiger partial charge in [0.25, 0.3) is 5.91 Å². The molecule has 1 aliphatic heterocycles. The van der Waals surface area contributed by atoms with Crippen LogP contribution in [-0.2, 0) is 24.3 Å². The van der Waals surface area contributed by atoms with Crippen LogP contribution in [0.2, 0.25) is 10.0 Å². The van der Waals surface area contributed by atoms with Gasteiger partial charge in [0.2, 0.25) is 10.0 Å². The fourth-order valence-corrected chi connectivity index (χ4v) is 4.70. The van der Waals surface area contributed by atoms with Crippen molar-refractivity contribution in [3.63, 3.8) is 0 Å². The van der Waals surface area contributed by atoms with Crippen molar-refractivity contribution < 1.29 is 32.3 Å². The Kier molecular flexibility index (Phi) is 8.86. The van der Waals surface area contributed by atoms with Gasteiger partial charge in [0, 0.05) is 19.6 Å². The number of esters is 1. The SMILES string of the molecule is CCCNC(=O)NC(=O)COC(=O)c1cc(S(=O)(=O)N2CCOCC2)c(Cl)cc1Cl. The Labute approximate surface area is 183 Å². The second-order valence-corrected chi connectivity index (χ2v) is 8.88. The monoisotopic (exact) mass is 481 g/mol. The molecule has 1 aromatic carbocycles. The first-order valence-electron chi connectivity index (χ1n) is 8.98. The molecule has 2 rings (SSSR count). The standard InChI is InChI=1S/C17H21Cl2N3O7S/c1-2-3-20-17(25)21-15(23)10-29-16(24)11-8-14(13(19)9-12(11)18)30(26,27)22-4-6-28-7-5-22/h8-9H,2-7,10H2,1H3,(H2,20,21,23,25). The number of nitrogens with zero attached hydrogens (tertiary/aromatic N) is 1. The maximum Gasteiger partial charge on any atom is 0.340 e. The van der Waals surface area contributed by atoms with Crippen molar-refractivity contribution in [2.24, 2.45) is 0 Å². The highest BCUT2D eigenvalue weighted by atomic mass is 35.5.